The Bertz CT molecular complexity index is 653. The zero-order valence-corrected chi connectivity index (χ0v) is 9.22. The monoisotopic (exact) mass is 277 g/mol. The minimum absolute atomic E-state index is 0.553. The van der Waals surface area contributed by atoms with Gasteiger partial charge in [-0.25, -0.2) is 31.6 Å². The zero-order chi connectivity index (χ0) is 14.3. The fourth-order valence-corrected chi connectivity index (χ4v) is 1.42. The molecule has 0 radical (unpaired) electrons. The lowest BCUT2D eigenvalue weighted by atomic mass is 10.1. The van der Waals surface area contributed by atoms with Gasteiger partial charge in [-0.05, 0) is 0 Å². The third-order valence-corrected chi connectivity index (χ3v) is 2.35. The van der Waals surface area contributed by atoms with Crippen molar-refractivity contribution in [2.45, 2.75) is 0 Å². The van der Waals surface area contributed by atoms with Gasteiger partial charge in [-0.3, -0.25) is 4.79 Å². The van der Waals surface area contributed by atoms with Crippen LogP contribution in [0.25, 0.3) is 0 Å². The van der Waals surface area contributed by atoms with Gasteiger partial charge in [0.2, 0.25) is 11.6 Å². The maximum atomic E-state index is 13.4. The summed E-state index contributed by atoms with van der Waals surface area (Å²) in [5.41, 5.74) is -1.56. The van der Waals surface area contributed by atoms with Crippen molar-refractivity contribution in [3.63, 3.8) is 0 Å². The molecule has 2 rings (SSSR count). The number of ketones is 1. The summed E-state index contributed by atoms with van der Waals surface area (Å²) >= 11 is 0. The Labute approximate surface area is 102 Å². The molecule has 19 heavy (non-hydrogen) atoms. The van der Waals surface area contributed by atoms with Crippen LogP contribution in [0.5, 0.6) is 0 Å². The van der Waals surface area contributed by atoms with Gasteiger partial charge in [0.25, 0.3) is 0 Å². The predicted octanol–water partition coefficient (Wildman–Crippen LogP) is 1.74. The Kier molecular flexibility index (Phi) is 3.05. The summed E-state index contributed by atoms with van der Waals surface area (Å²) in [4.78, 5) is 15.1. The van der Waals surface area contributed by atoms with E-state index in [0.29, 0.717) is 0 Å². The van der Waals surface area contributed by atoms with E-state index in [1.807, 2.05) is 0 Å². The molecule has 0 fully saturated rings. The highest BCUT2D eigenvalue weighted by atomic mass is 19.2. The van der Waals surface area contributed by atoms with Crippen molar-refractivity contribution in [3.05, 3.63) is 46.8 Å². The first-order valence-electron chi connectivity index (χ1n) is 4.76. The lowest BCUT2D eigenvalue weighted by Crippen LogP contribution is -2.17. The Morgan fingerprint density at radius 2 is 1.47 bits per heavy atom. The molecule has 0 amide bonds. The zero-order valence-electron chi connectivity index (χ0n) is 9.22. The fraction of sp³-hybridized carbons (Fsp3) is 0.100. The van der Waals surface area contributed by atoms with Gasteiger partial charge in [0.15, 0.2) is 29.1 Å². The molecule has 4 nitrogen and oxygen atoms in total. The van der Waals surface area contributed by atoms with Crippen LogP contribution in [0.1, 0.15) is 16.2 Å². The van der Waals surface area contributed by atoms with E-state index in [-0.39, 0.29) is 0 Å². The Morgan fingerprint density at radius 1 is 1.00 bits per heavy atom. The second kappa shape index (κ2) is 4.41. The van der Waals surface area contributed by atoms with Crippen LogP contribution in [0.4, 0.5) is 22.0 Å². The average Bonchev–Trinajstić information content (AvgIpc) is 2.80. The van der Waals surface area contributed by atoms with Gasteiger partial charge in [-0.1, -0.05) is 0 Å². The van der Waals surface area contributed by atoms with Crippen LogP contribution in [0.2, 0.25) is 0 Å². The van der Waals surface area contributed by atoms with Crippen LogP contribution in [0.15, 0.2) is 6.33 Å². The number of hydrogen-bond donors (Lipinski definition) is 0. The Morgan fingerprint density at radius 3 is 1.89 bits per heavy atom. The SMILES string of the molecule is Cn1ncnc1C(=O)c1c(F)c(F)c(F)c(F)c1F. The molecular weight excluding hydrogens is 273 g/mol. The van der Waals surface area contributed by atoms with Crippen molar-refractivity contribution >= 4 is 5.78 Å². The highest BCUT2D eigenvalue weighted by Crippen LogP contribution is 2.24. The molecule has 0 aliphatic rings. The number of benzene rings is 1. The average molecular weight is 277 g/mol. The number of carbonyl (C=O) groups is 1. The molecule has 0 bridgehead atoms. The summed E-state index contributed by atoms with van der Waals surface area (Å²) in [6, 6.07) is 0. The van der Waals surface area contributed by atoms with Crippen LogP contribution in [0.3, 0.4) is 0 Å². The van der Waals surface area contributed by atoms with Gasteiger partial charge in [0.1, 0.15) is 11.9 Å². The van der Waals surface area contributed by atoms with Gasteiger partial charge in [0, 0.05) is 7.05 Å². The minimum atomic E-state index is -2.33. The summed E-state index contributed by atoms with van der Waals surface area (Å²) in [5.74, 6) is -13.1. The van der Waals surface area contributed by atoms with Crippen molar-refractivity contribution in [2.75, 3.05) is 0 Å². The molecule has 1 aromatic heterocycles. The third-order valence-electron chi connectivity index (χ3n) is 2.35. The minimum Gasteiger partial charge on any atom is -0.285 e. The normalized spacial score (nSPS) is 10.8. The summed E-state index contributed by atoms with van der Waals surface area (Å²) in [5, 5.41) is 3.46. The maximum Gasteiger partial charge on any atom is 0.236 e. The molecule has 0 atom stereocenters. The maximum absolute atomic E-state index is 13.4. The molecule has 0 N–H and O–H groups in total. The summed E-state index contributed by atoms with van der Waals surface area (Å²) in [6.07, 6.45) is 0.902. The van der Waals surface area contributed by atoms with E-state index in [9.17, 15) is 26.7 Å². The van der Waals surface area contributed by atoms with Crippen molar-refractivity contribution in [3.8, 4) is 0 Å². The van der Waals surface area contributed by atoms with E-state index < -0.39 is 46.3 Å². The second-order valence-corrected chi connectivity index (χ2v) is 3.48. The van der Waals surface area contributed by atoms with Crippen LogP contribution >= 0.6 is 0 Å². The number of aryl methyl sites for hydroxylation is 1. The standard InChI is InChI=1S/C10H4F5N3O/c1-18-10(16-2-17-18)9(19)3-4(11)6(13)8(15)7(14)5(3)12/h2H,1H3. The quantitative estimate of drug-likeness (QED) is 0.363. The lowest BCUT2D eigenvalue weighted by Gasteiger charge is -2.06. The largest absolute Gasteiger partial charge is 0.285 e. The van der Waals surface area contributed by atoms with Gasteiger partial charge in [0.05, 0.1) is 0 Å². The Hall–Kier alpha value is -2.32. The molecule has 1 heterocycles. The van der Waals surface area contributed by atoms with E-state index in [0.717, 1.165) is 11.0 Å². The summed E-state index contributed by atoms with van der Waals surface area (Å²) in [7, 11) is 1.23. The number of hydrogen-bond acceptors (Lipinski definition) is 3. The van der Waals surface area contributed by atoms with Crippen molar-refractivity contribution in [2.24, 2.45) is 7.05 Å². The van der Waals surface area contributed by atoms with Crippen LogP contribution in [-0.2, 0) is 7.05 Å². The molecule has 0 spiro atoms. The first-order chi connectivity index (χ1) is 8.86. The number of nitrogens with zero attached hydrogens (tertiary/aromatic N) is 3. The number of carbonyl (C=O) groups excluding carboxylic acids is 1. The van der Waals surface area contributed by atoms with Crippen LogP contribution in [0, 0.1) is 29.1 Å². The summed E-state index contributed by atoms with van der Waals surface area (Å²) < 4.78 is 66.3. The smallest absolute Gasteiger partial charge is 0.236 e. The molecule has 1 aromatic carbocycles. The van der Waals surface area contributed by atoms with E-state index in [4.69, 9.17) is 0 Å². The van der Waals surface area contributed by atoms with Crippen molar-refractivity contribution in [1.29, 1.82) is 0 Å². The van der Waals surface area contributed by atoms with Gasteiger partial charge in [-0.15, -0.1) is 0 Å². The number of rotatable bonds is 2. The molecular formula is C10H4F5N3O. The van der Waals surface area contributed by atoms with Gasteiger partial charge >= 0.3 is 0 Å². The van der Waals surface area contributed by atoms with Crippen molar-refractivity contribution < 1.29 is 26.7 Å². The second-order valence-electron chi connectivity index (χ2n) is 3.48. The summed E-state index contributed by atoms with van der Waals surface area (Å²) in [6.45, 7) is 0. The molecule has 0 aliphatic carbocycles. The molecule has 0 saturated heterocycles. The molecule has 9 heteroatoms. The first-order valence-corrected chi connectivity index (χ1v) is 4.76. The first kappa shape index (κ1) is 13.1. The topological polar surface area (TPSA) is 47.8 Å². The van der Waals surface area contributed by atoms with Gasteiger partial charge in [-0.2, -0.15) is 5.10 Å². The highest BCUT2D eigenvalue weighted by Gasteiger charge is 2.31. The number of halogens is 5. The molecule has 0 unspecified atom stereocenters. The van der Waals surface area contributed by atoms with E-state index >= 15 is 0 Å². The third kappa shape index (κ3) is 1.86. The van der Waals surface area contributed by atoms with Crippen LogP contribution < -0.4 is 0 Å². The van der Waals surface area contributed by atoms with E-state index in [1.54, 1.807) is 0 Å². The lowest BCUT2D eigenvalue weighted by molar-refractivity contribution is 0.101. The van der Waals surface area contributed by atoms with E-state index in [2.05, 4.69) is 10.1 Å². The van der Waals surface area contributed by atoms with Crippen molar-refractivity contribution in [1.82, 2.24) is 14.8 Å². The highest BCUT2D eigenvalue weighted by molar-refractivity contribution is 6.07. The molecule has 0 saturated carbocycles. The molecule has 0 aliphatic heterocycles. The van der Waals surface area contributed by atoms with Gasteiger partial charge < -0.3 is 0 Å². The molecule has 100 valence electrons. The molecule has 2 aromatic rings. The fourth-order valence-electron chi connectivity index (χ4n) is 1.42. The number of aromatic nitrogens is 3. The predicted molar refractivity (Wildman–Crippen MR) is 50.7 cm³/mol. The van der Waals surface area contributed by atoms with E-state index in [1.165, 1.54) is 7.05 Å². The Balaban J connectivity index is 2.71. The van der Waals surface area contributed by atoms with Crippen LogP contribution in [-0.4, -0.2) is 20.5 Å².